The fourth-order valence-corrected chi connectivity index (χ4v) is 10.2. The Balaban J connectivity index is 1.13. The van der Waals surface area contributed by atoms with Crippen LogP contribution in [0.3, 0.4) is 0 Å². The summed E-state index contributed by atoms with van der Waals surface area (Å²) in [5, 5.41) is 3.64. The Morgan fingerprint density at radius 3 is 1.15 bits per heavy atom. The molecule has 6 nitrogen and oxygen atoms in total. The summed E-state index contributed by atoms with van der Waals surface area (Å²) >= 11 is 0. The highest BCUT2D eigenvalue weighted by Crippen LogP contribution is 2.55. The summed E-state index contributed by atoms with van der Waals surface area (Å²) in [4.78, 5) is 58.2. The lowest BCUT2D eigenvalue weighted by atomic mass is 9.85. The maximum Gasteiger partial charge on any atom is 0.238 e. The van der Waals surface area contributed by atoms with E-state index in [2.05, 4.69) is 62.4 Å². The first-order valence-electron chi connectivity index (χ1n) is 16.5. The zero-order chi connectivity index (χ0) is 31.2. The minimum absolute atomic E-state index is 0.0826. The summed E-state index contributed by atoms with van der Waals surface area (Å²) in [6, 6.07) is 20.0. The highest BCUT2D eigenvalue weighted by Gasteiger charge is 2.61. The summed E-state index contributed by atoms with van der Waals surface area (Å²) in [5.41, 5.74) is 5.47. The lowest BCUT2D eigenvalue weighted by Crippen LogP contribution is -2.33. The normalized spacial score (nSPS) is 31.9. The van der Waals surface area contributed by atoms with Gasteiger partial charge in [0.25, 0.3) is 0 Å². The SMILES string of the molecule is Cc1ccc2c(N3C(=O)[C@@H]4[C@H](C3=O)[C@@H]3C=C[C@H]4C3)cccc2c1-c1c(C)ccc2c(N3C(=O)[C@@H]4[C@H](C3=O)[C@@H]3C=C[C@H]4C3)cccc12. The molecular weight excluding hydrogens is 572 g/mol. The van der Waals surface area contributed by atoms with E-state index in [1.54, 1.807) is 0 Å². The number of carbonyl (C=O) groups excluding carboxylic acids is 4. The van der Waals surface area contributed by atoms with Crippen molar-refractivity contribution in [3.63, 3.8) is 0 Å². The lowest BCUT2D eigenvalue weighted by molar-refractivity contribution is -0.124. The number of benzene rings is 4. The molecular formula is C40H32N2O4. The molecule has 4 aliphatic carbocycles. The topological polar surface area (TPSA) is 74.8 Å². The maximum absolute atomic E-state index is 13.8. The van der Waals surface area contributed by atoms with Gasteiger partial charge in [-0.05, 0) is 95.5 Å². The van der Waals surface area contributed by atoms with E-state index >= 15 is 0 Å². The van der Waals surface area contributed by atoms with Gasteiger partial charge in [0.2, 0.25) is 23.6 Å². The van der Waals surface area contributed by atoms with E-state index in [-0.39, 0.29) is 71.0 Å². The number of hydrogen-bond donors (Lipinski definition) is 0. The average molecular weight is 605 g/mol. The molecule has 226 valence electrons. The van der Waals surface area contributed by atoms with E-state index in [0.29, 0.717) is 11.4 Å². The zero-order valence-corrected chi connectivity index (χ0v) is 25.6. The summed E-state index contributed by atoms with van der Waals surface area (Å²) < 4.78 is 0. The molecule has 4 bridgehead atoms. The van der Waals surface area contributed by atoms with Gasteiger partial charge in [0.05, 0.1) is 35.0 Å². The summed E-state index contributed by atoms with van der Waals surface area (Å²) in [5.74, 6) is -0.775. The molecule has 2 heterocycles. The predicted octanol–water partition coefficient (Wildman–Crippen LogP) is 6.90. The average Bonchev–Trinajstić information content (AvgIpc) is 3.90. The molecule has 46 heavy (non-hydrogen) atoms. The van der Waals surface area contributed by atoms with Gasteiger partial charge in [-0.25, -0.2) is 9.80 Å². The number of allylic oxidation sites excluding steroid dienone is 4. The third kappa shape index (κ3) is 3.12. The predicted molar refractivity (Wildman–Crippen MR) is 177 cm³/mol. The second kappa shape index (κ2) is 8.91. The Morgan fingerprint density at radius 2 is 0.804 bits per heavy atom. The van der Waals surface area contributed by atoms with Crippen LogP contribution >= 0.6 is 0 Å². The molecule has 10 rings (SSSR count). The highest BCUT2D eigenvalue weighted by atomic mass is 16.2. The van der Waals surface area contributed by atoms with Crippen molar-refractivity contribution in [2.75, 3.05) is 9.80 Å². The Morgan fingerprint density at radius 1 is 0.457 bits per heavy atom. The number of aryl methyl sites for hydroxylation is 2. The van der Waals surface area contributed by atoms with Crippen LogP contribution in [0.1, 0.15) is 24.0 Å². The van der Waals surface area contributed by atoms with Crippen molar-refractivity contribution in [3.8, 4) is 11.1 Å². The molecule has 2 saturated heterocycles. The van der Waals surface area contributed by atoms with Crippen LogP contribution in [0, 0.1) is 61.2 Å². The number of imide groups is 2. The van der Waals surface area contributed by atoms with Crippen LogP contribution in [0.15, 0.2) is 85.0 Å². The molecule has 6 aliphatic rings. The van der Waals surface area contributed by atoms with Gasteiger partial charge in [-0.15, -0.1) is 0 Å². The summed E-state index contributed by atoms with van der Waals surface area (Å²) in [6.07, 6.45) is 10.3. The number of anilines is 2. The van der Waals surface area contributed by atoms with Gasteiger partial charge < -0.3 is 0 Å². The molecule has 0 aromatic heterocycles. The largest absolute Gasteiger partial charge is 0.274 e. The standard InChI is InChI=1S/C40H32N2O4/c1-19-9-15-25-27(5-3-7-29(25)41-37(43)33-21-11-12-22(17-21)34(33)38(41)44)31(19)32-20(2)10-16-26-28(32)6-4-8-30(26)42-39(45)35-23-13-14-24(18-23)36(35)40(42)46/h3-16,21-24,33-36H,17-18H2,1-2H3/t21-,22+,23-,24+,33-,34+,35-,36+. The molecule has 0 unspecified atom stereocenters. The van der Waals surface area contributed by atoms with Crippen LogP contribution in [0.4, 0.5) is 11.4 Å². The first-order valence-corrected chi connectivity index (χ1v) is 16.5. The lowest BCUT2D eigenvalue weighted by Gasteiger charge is -2.23. The number of carbonyl (C=O) groups is 4. The van der Waals surface area contributed by atoms with Crippen molar-refractivity contribution >= 4 is 56.5 Å². The molecule has 4 aromatic rings. The molecule has 8 atom stereocenters. The van der Waals surface area contributed by atoms with E-state index in [4.69, 9.17) is 0 Å². The van der Waals surface area contributed by atoms with Crippen LogP contribution in [-0.2, 0) is 19.2 Å². The minimum Gasteiger partial charge on any atom is -0.274 e. The van der Waals surface area contributed by atoms with Gasteiger partial charge in [0, 0.05) is 10.8 Å². The molecule has 4 fully saturated rings. The van der Waals surface area contributed by atoms with Gasteiger partial charge in [-0.3, -0.25) is 19.2 Å². The first kappa shape index (κ1) is 26.4. The Labute approximate surface area is 266 Å². The van der Waals surface area contributed by atoms with Gasteiger partial charge >= 0.3 is 0 Å². The van der Waals surface area contributed by atoms with Crippen LogP contribution in [0.5, 0.6) is 0 Å². The molecule has 0 N–H and O–H groups in total. The monoisotopic (exact) mass is 604 g/mol. The number of amides is 4. The van der Waals surface area contributed by atoms with E-state index in [0.717, 1.165) is 56.6 Å². The van der Waals surface area contributed by atoms with E-state index < -0.39 is 0 Å². The molecule has 4 aromatic carbocycles. The molecule has 0 radical (unpaired) electrons. The minimum atomic E-state index is -0.261. The molecule has 2 aliphatic heterocycles. The molecule has 0 spiro atoms. The Hall–Kier alpha value is -4.84. The van der Waals surface area contributed by atoms with Crippen molar-refractivity contribution in [2.45, 2.75) is 26.7 Å². The summed E-state index contributed by atoms with van der Waals surface area (Å²) in [6.45, 7) is 4.17. The van der Waals surface area contributed by atoms with E-state index in [9.17, 15) is 19.2 Å². The van der Waals surface area contributed by atoms with Gasteiger partial charge in [0.1, 0.15) is 0 Å². The second-order valence-electron chi connectivity index (χ2n) is 14.3. The molecule has 2 saturated carbocycles. The third-order valence-corrected chi connectivity index (χ3v) is 12.2. The first-order chi connectivity index (χ1) is 22.3. The number of rotatable bonds is 3. The molecule has 6 heteroatoms. The van der Waals surface area contributed by atoms with Crippen molar-refractivity contribution in [3.05, 3.63) is 96.1 Å². The van der Waals surface area contributed by atoms with Crippen LogP contribution in [-0.4, -0.2) is 23.6 Å². The fraction of sp³-hybridized carbons (Fsp3) is 0.300. The van der Waals surface area contributed by atoms with Crippen LogP contribution < -0.4 is 9.80 Å². The number of hydrogen-bond acceptors (Lipinski definition) is 4. The van der Waals surface area contributed by atoms with Crippen LogP contribution in [0.25, 0.3) is 32.7 Å². The quantitative estimate of drug-likeness (QED) is 0.188. The Bertz CT molecular complexity index is 1980. The molecule has 4 amide bonds. The fourth-order valence-electron chi connectivity index (χ4n) is 10.2. The maximum atomic E-state index is 13.8. The zero-order valence-electron chi connectivity index (χ0n) is 25.6. The van der Waals surface area contributed by atoms with Crippen molar-refractivity contribution in [2.24, 2.45) is 47.3 Å². The van der Waals surface area contributed by atoms with Gasteiger partial charge in [0.15, 0.2) is 0 Å². The van der Waals surface area contributed by atoms with Crippen molar-refractivity contribution in [1.82, 2.24) is 0 Å². The van der Waals surface area contributed by atoms with Crippen molar-refractivity contribution < 1.29 is 19.2 Å². The highest BCUT2D eigenvalue weighted by molar-refractivity contribution is 6.28. The summed E-state index contributed by atoms with van der Waals surface area (Å²) in [7, 11) is 0. The second-order valence-corrected chi connectivity index (χ2v) is 14.3. The Kier molecular flexibility index (Phi) is 5.11. The number of nitrogens with zero attached hydrogens (tertiary/aromatic N) is 2. The van der Waals surface area contributed by atoms with E-state index in [1.165, 1.54) is 9.80 Å². The van der Waals surface area contributed by atoms with Gasteiger partial charge in [-0.2, -0.15) is 0 Å². The van der Waals surface area contributed by atoms with Crippen LogP contribution in [0.2, 0.25) is 0 Å². The van der Waals surface area contributed by atoms with Gasteiger partial charge in [-0.1, -0.05) is 72.8 Å². The number of fused-ring (bicyclic) bond motifs is 12. The smallest absolute Gasteiger partial charge is 0.238 e. The third-order valence-electron chi connectivity index (χ3n) is 12.2. The van der Waals surface area contributed by atoms with Crippen molar-refractivity contribution in [1.29, 1.82) is 0 Å². The van der Waals surface area contributed by atoms with E-state index in [1.807, 2.05) is 36.4 Å².